The van der Waals surface area contributed by atoms with E-state index >= 15 is 0 Å². The first-order chi connectivity index (χ1) is 16.5. The summed E-state index contributed by atoms with van der Waals surface area (Å²) in [4.78, 5) is 24.7. The van der Waals surface area contributed by atoms with Crippen LogP contribution in [0, 0.1) is 5.82 Å². The highest BCUT2D eigenvalue weighted by atomic mass is 19.3. The third-order valence-electron chi connectivity index (χ3n) is 5.85. The van der Waals surface area contributed by atoms with Crippen molar-refractivity contribution < 1.29 is 13.2 Å². The lowest BCUT2D eigenvalue weighted by molar-refractivity contribution is 0.146. The summed E-state index contributed by atoms with van der Waals surface area (Å²) in [6.07, 6.45) is 1.73. The second-order valence-electron chi connectivity index (χ2n) is 8.24. The van der Waals surface area contributed by atoms with E-state index in [9.17, 15) is 13.2 Å². The number of anilines is 2. The average molecular weight is 468 g/mol. The molecule has 5 heterocycles. The molecule has 0 spiro atoms. The lowest BCUT2D eigenvalue weighted by Crippen LogP contribution is -2.43. The van der Waals surface area contributed by atoms with E-state index in [0.29, 0.717) is 23.4 Å². The third kappa shape index (κ3) is 4.57. The second kappa shape index (κ2) is 9.35. The van der Waals surface area contributed by atoms with Crippen molar-refractivity contribution in [3.63, 3.8) is 0 Å². The molecule has 176 valence electrons. The van der Waals surface area contributed by atoms with Gasteiger partial charge in [-0.1, -0.05) is 6.07 Å². The smallest absolute Gasteiger partial charge is 0.280 e. The second-order valence-corrected chi connectivity index (χ2v) is 8.24. The molecule has 4 aromatic heterocycles. The van der Waals surface area contributed by atoms with Gasteiger partial charge in [0.05, 0.1) is 17.3 Å². The minimum atomic E-state index is -2.71. The quantitative estimate of drug-likeness (QED) is 0.443. The van der Waals surface area contributed by atoms with Gasteiger partial charge in [0.15, 0.2) is 11.6 Å². The van der Waals surface area contributed by atoms with E-state index in [1.807, 2.05) is 6.20 Å². The Hall–Kier alpha value is -3.57. The van der Waals surface area contributed by atoms with Crippen molar-refractivity contribution in [2.24, 2.45) is 0 Å². The predicted molar refractivity (Wildman–Crippen MR) is 122 cm³/mol. The van der Waals surface area contributed by atoms with Gasteiger partial charge in [-0.3, -0.25) is 9.88 Å². The molecule has 1 aliphatic heterocycles. The van der Waals surface area contributed by atoms with E-state index in [1.54, 1.807) is 6.07 Å². The summed E-state index contributed by atoms with van der Waals surface area (Å²) in [5.41, 5.74) is 1.50. The fraction of sp³-hybridized carbons (Fsp3) is 0.304. The Kier molecular flexibility index (Phi) is 6.12. The van der Waals surface area contributed by atoms with Crippen LogP contribution in [0.4, 0.5) is 24.7 Å². The normalized spacial score (nSPS) is 15.3. The Balaban J connectivity index is 1.58. The molecule has 1 aliphatic rings. The van der Waals surface area contributed by atoms with Gasteiger partial charge < -0.3 is 15.2 Å². The summed E-state index contributed by atoms with van der Waals surface area (Å²) in [7, 11) is 2.10. The van der Waals surface area contributed by atoms with Crippen molar-refractivity contribution in [2.45, 2.75) is 13.0 Å². The van der Waals surface area contributed by atoms with Crippen LogP contribution in [0.25, 0.3) is 22.6 Å². The van der Waals surface area contributed by atoms with Gasteiger partial charge >= 0.3 is 0 Å². The van der Waals surface area contributed by atoms with Crippen LogP contribution in [-0.2, 0) is 6.54 Å². The summed E-state index contributed by atoms with van der Waals surface area (Å²) < 4.78 is 40.8. The van der Waals surface area contributed by atoms with Crippen LogP contribution in [0.5, 0.6) is 0 Å². The molecule has 5 rings (SSSR count). The van der Waals surface area contributed by atoms with Gasteiger partial charge in [-0.2, -0.15) is 0 Å². The number of rotatable bonds is 6. The molecule has 34 heavy (non-hydrogen) atoms. The van der Waals surface area contributed by atoms with Crippen molar-refractivity contribution in [1.82, 2.24) is 34.7 Å². The fourth-order valence-corrected chi connectivity index (χ4v) is 3.98. The molecule has 0 bridgehead atoms. The van der Waals surface area contributed by atoms with Gasteiger partial charge in [0, 0.05) is 45.1 Å². The van der Waals surface area contributed by atoms with Crippen molar-refractivity contribution in [1.29, 1.82) is 0 Å². The molecule has 8 nitrogen and oxygen atoms in total. The van der Waals surface area contributed by atoms with Crippen LogP contribution in [0.3, 0.4) is 0 Å². The average Bonchev–Trinajstić information content (AvgIpc) is 3.25. The Bertz CT molecular complexity index is 1300. The van der Waals surface area contributed by atoms with E-state index in [0.717, 1.165) is 37.9 Å². The minimum absolute atomic E-state index is 0.153. The molecule has 1 saturated heterocycles. The molecule has 0 aliphatic carbocycles. The van der Waals surface area contributed by atoms with Crippen molar-refractivity contribution >= 4 is 22.5 Å². The summed E-state index contributed by atoms with van der Waals surface area (Å²) in [6, 6.07) is 5.81. The van der Waals surface area contributed by atoms with Crippen LogP contribution < -0.4 is 5.32 Å². The van der Waals surface area contributed by atoms with Crippen molar-refractivity contribution in [3.05, 3.63) is 59.9 Å². The van der Waals surface area contributed by atoms with Crippen LogP contribution >= 0.6 is 0 Å². The van der Waals surface area contributed by atoms with Crippen LogP contribution in [-0.4, -0.2) is 67.9 Å². The number of likely N-dealkylation sites (N-methyl/N-ethyl adjacent to an activating group) is 1. The van der Waals surface area contributed by atoms with Gasteiger partial charge in [-0.15, -0.1) is 0 Å². The SMILES string of the molecule is CN1CCN(Cc2c[nH]c3nc(-c4cccc(C(F)F)n4)nc(Nc4ccncc4F)c23)CC1. The van der Waals surface area contributed by atoms with Crippen LogP contribution in [0.1, 0.15) is 17.7 Å². The molecule has 2 N–H and O–H groups in total. The van der Waals surface area contributed by atoms with Gasteiger partial charge in [0.25, 0.3) is 6.43 Å². The van der Waals surface area contributed by atoms with Crippen LogP contribution in [0.15, 0.2) is 42.9 Å². The number of piperazine rings is 1. The monoisotopic (exact) mass is 468 g/mol. The van der Waals surface area contributed by atoms with E-state index < -0.39 is 12.2 Å². The fourth-order valence-electron chi connectivity index (χ4n) is 3.98. The molecule has 4 aromatic rings. The van der Waals surface area contributed by atoms with Gasteiger partial charge in [0.1, 0.15) is 22.9 Å². The van der Waals surface area contributed by atoms with Crippen molar-refractivity contribution in [2.75, 3.05) is 38.5 Å². The molecule has 0 amide bonds. The minimum Gasteiger partial charge on any atom is -0.346 e. The highest BCUT2D eigenvalue weighted by Crippen LogP contribution is 2.31. The summed E-state index contributed by atoms with van der Waals surface area (Å²) in [6.45, 7) is 4.47. The highest BCUT2D eigenvalue weighted by Gasteiger charge is 2.21. The Morgan fingerprint density at radius 1 is 1.09 bits per heavy atom. The molecule has 0 atom stereocenters. The predicted octanol–water partition coefficient (Wildman–Crippen LogP) is 3.98. The highest BCUT2D eigenvalue weighted by molar-refractivity contribution is 5.93. The standard InChI is InChI=1S/C23H23F3N8/c1-33-7-9-34(10-8-33)13-14-11-28-22-19(14)23(30-16-5-6-27-12-15(16)24)32-21(31-22)18-4-2-3-17(29-18)20(25)26/h2-6,11-12,20H,7-10,13H2,1H3,(H2,27,28,30,31,32). The number of pyridine rings is 2. The van der Waals surface area contributed by atoms with E-state index in [1.165, 1.54) is 24.4 Å². The number of hydrogen-bond donors (Lipinski definition) is 2. The molecule has 0 aromatic carbocycles. The number of hydrogen-bond acceptors (Lipinski definition) is 7. The van der Waals surface area contributed by atoms with E-state index in [2.05, 4.69) is 47.1 Å². The first-order valence-electron chi connectivity index (χ1n) is 10.9. The summed E-state index contributed by atoms with van der Waals surface area (Å²) >= 11 is 0. The first-order valence-corrected chi connectivity index (χ1v) is 10.9. The topological polar surface area (TPSA) is 85.9 Å². The zero-order valence-corrected chi connectivity index (χ0v) is 18.5. The van der Waals surface area contributed by atoms with Crippen molar-refractivity contribution in [3.8, 4) is 11.5 Å². The van der Waals surface area contributed by atoms with E-state index in [4.69, 9.17) is 0 Å². The first kappa shape index (κ1) is 22.2. The number of halogens is 3. The van der Waals surface area contributed by atoms with Gasteiger partial charge in [0.2, 0.25) is 0 Å². The number of nitrogens with one attached hydrogen (secondary N) is 2. The zero-order chi connectivity index (χ0) is 23.7. The molecule has 0 radical (unpaired) electrons. The largest absolute Gasteiger partial charge is 0.346 e. The van der Waals surface area contributed by atoms with Gasteiger partial charge in [-0.25, -0.2) is 28.1 Å². The maximum Gasteiger partial charge on any atom is 0.280 e. The summed E-state index contributed by atoms with van der Waals surface area (Å²) in [5, 5.41) is 3.76. The molecular formula is C23H23F3N8. The number of alkyl halides is 2. The lowest BCUT2D eigenvalue weighted by Gasteiger charge is -2.32. The Labute approximate surface area is 193 Å². The van der Waals surface area contributed by atoms with Crippen LogP contribution in [0.2, 0.25) is 0 Å². The summed E-state index contributed by atoms with van der Waals surface area (Å²) in [5.74, 6) is -0.0236. The number of nitrogens with zero attached hydrogens (tertiary/aromatic N) is 6. The number of H-pyrrole nitrogens is 1. The maximum absolute atomic E-state index is 14.4. The number of fused-ring (bicyclic) bond motifs is 1. The van der Waals surface area contributed by atoms with Gasteiger partial charge in [-0.05, 0) is 30.8 Å². The molecular weight excluding hydrogens is 445 g/mol. The number of aromatic nitrogens is 5. The molecule has 0 unspecified atom stereocenters. The molecule has 0 saturated carbocycles. The Morgan fingerprint density at radius 3 is 2.68 bits per heavy atom. The Morgan fingerprint density at radius 2 is 1.91 bits per heavy atom. The maximum atomic E-state index is 14.4. The third-order valence-corrected chi connectivity index (χ3v) is 5.85. The lowest BCUT2D eigenvalue weighted by atomic mass is 10.2. The molecule has 1 fully saturated rings. The van der Waals surface area contributed by atoms with E-state index in [-0.39, 0.29) is 22.9 Å². The zero-order valence-electron chi connectivity index (χ0n) is 18.5. The molecule has 11 heteroatoms. The number of aromatic amines is 1.